The number of nitrogens with zero attached hydrogens (tertiary/aromatic N) is 2. The van der Waals surface area contributed by atoms with Crippen LogP contribution in [0.15, 0.2) is 42.5 Å². The summed E-state index contributed by atoms with van der Waals surface area (Å²) in [4.78, 5) is 27.1. The molecule has 138 valence electrons. The Kier molecular flexibility index (Phi) is 6.63. The van der Waals surface area contributed by atoms with Gasteiger partial charge in [0.1, 0.15) is 0 Å². The Balaban J connectivity index is 0.00000243. The van der Waals surface area contributed by atoms with Crippen LogP contribution in [0, 0.1) is 0 Å². The first-order valence-electron chi connectivity index (χ1n) is 8.38. The van der Waals surface area contributed by atoms with Crippen molar-refractivity contribution in [2.75, 3.05) is 23.9 Å². The number of rotatable bonds is 6. The lowest BCUT2D eigenvalue weighted by atomic mass is 10.1. The van der Waals surface area contributed by atoms with Gasteiger partial charge in [-0.25, -0.2) is 0 Å². The van der Waals surface area contributed by atoms with Crippen LogP contribution in [0.4, 0.5) is 11.4 Å². The van der Waals surface area contributed by atoms with Crippen molar-refractivity contribution in [1.82, 2.24) is 0 Å². The number of fused-ring (bicyclic) bond motifs is 1. The van der Waals surface area contributed by atoms with E-state index in [4.69, 9.17) is 5.11 Å². The highest BCUT2D eigenvalue weighted by Gasteiger charge is 2.28. The van der Waals surface area contributed by atoms with Gasteiger partial charge in [-0.15, -0.1) is 24.0 Å². The van der Waals surface area contributed by atoms with Crippen molar-refractivity contribution in [3.63, 3.8) is 0 Å². The average Bonchev–Trinajstić information content (AvgIpc) is 2.91. The lowest BCUT2D eigenvalue weighted by Gasteiger charge is -2.16. The molecule has 2 aromatic rings. The van der Waals surface area contributed by atoms with Gasteiger partial charge < -0.3 is 14.9 Å². The zero-order chi connectivity index (χ0) is 18.0. The first kappa shape index (κ1) is 20.2. The van der Waals surface area contributed by atoms with Crippen LogP contribution in [0.3, 0.4) is 0 Å². The number of halogens is 1. The highest BCUT2D eigenvalue weighted by molar-refractivity contribution is 14.0. The van der Waals surface area contributed by atoms with Gasteiger partial charge in [-0.3, -0.25) is 9.59 Å². The maximum Gasteiger partial charge on any atom is 0.303 e. The van der Waals surface area contributed by atoms with Crippen molar-refractivity contribution in [2.24, 2.45) is 0 Å². The third kappa shape index (κ3) is 4.35. The van der Waals surface area contributed by atoms with Gasteiger partial charge in [0, 0.05) is 37.5 Å². The van der Waals surface area contributed by atoms with Crippen molar-refractivity contribution in [3.8, 4) is 0 Å². The fourth-order valence-electron chi connectivity index (χ4n) is 3.06. The zero-order valence-electron chi connectivity index (χ0n) is 14.9. The molecule has 1 heterocycles. The fourth-order valence-corrected chi connectivity index (χ4v) is 3.06. The van der Waals surface area contributed by atoms with Crippen LogP contribution < -0.4 is 9.80 Å². The Bertz CT molecular complexity index is 803. The molecule has 1 aliphatic heterocycles. The summed E-state index contributed by atoms with van der Waals surface area (Å²) in [6.45, 7) is 0.584. The molecule has 5 nitrogen and oxygen atoms in total. The molecule has 2 aromatic carbocycles. The number of carbonyl (C=O) groups excluding carboxylic acids is 1. The molecule has 0 radical (unpaired) electrons. The molecular formula is C20H23IN2O3. The molecule has 0 fully saturated rings. The van der Waals surface area contributed by atoms with Gasteiger partial charge in [0.25, 0.3) is 5.91 Å². The van der Waals surface area contributed by atoms with Crippen molar-refractivity contribution >= 4 is 47.2 Å². The van der Waals surface area contributed by atoms with Gasteiger partial charge in [-0.2, -0.15) is 0 Å². The average molecular weight is 466 g/mol. The first-order chi connectivity index (χ1) is 12.0. The monoisotopic (exact) mass is 466 g/mol. The Labute approximate surface area is 170 Å². The maximum absolute atomic E-state index is 12.7. The summed E-state index contributed by atoms with van der Waals surface area (Å²) in [5, 5.41) is 8.70. The van der Waals surface area contributed by atoms with E-state index < -0.39 is 5.97 Å². The molecule has 3 rings (SSSR count). The predicted octanol–water partition coefficient (Wildman–Crippen LogP) is 3.94. The third-order valence-corrected chi connectivity index (χ3v) is 4.52. The number of carbonyl (C=O) groups is 2. The molecule has 0 atom stereocenters. The molecule has 0 bridgehead atoms. The minimum absolute atomic E-state index is 0. The number of carboxylic acid groups (broad SMARTS) is 1. The number of hydrogen-bond donors (Lipinski definition) is 1. The summed E-state index contributed by atoms with van der Waals surface area (Å²) in [6.07, 6.45) is 1.53. The van der Waals surface area contributed by atoms with Gasteiger partial charge in [0.2, 0.25) is 0 Å². The highest BCUT2D eigenvalue weighted by Crippen LogP contribution is 2.30. The van der Waals surface area contributed by atoms with E-state index in [-0.39, 0.29) is 36.3 Å². The van der Waals surface area contributed by atoms with Crippen molar-refractivity contribution in [2.45, 2.75) is 25.8 Å². The molecule has 0 saturated heterocycles. The zero-order valence-corrected chi connectivity index (χ0v) is 17.3. The molecular weight excluding hydrogens is 443 g/mol. The van der Waals surface area contributed by atoms with E-state index in [1.54, 1.807) is 4.90 Å². The van der Waals surface area contributed by atoms with Crippen molar-refractivity contribution in [1.29, 1.82) is 0 Å². The van der Waals surface area contributed by atoms with E-state index in [1.165, 1.54) is 0 Å². The van der Waals surface area contributed by atoms with Gasteiger partial charge in [0.15, 0.2) is 0 Å². The molecule has 1 N–H and O–H groups in total. The lowest BCUT2D eigenvalue weighted by molar-refractivity contribution is -0.137. The topological polar surface area (TPSA) is 60.9 Å². The first-order valence-corrected chi connectivity index (χ1v) is 8.38. The molecule has 0 aromatic heterocycles. The Hall–Kier alpha value is -2.09. The van der Waals surface area contributed by atoms with Gasteiger partial charge >= 0.3 is 5.97 Å². The summed E-state index contributed by atoms with van der Waals surface area (Å²) in [5.74, 6) is -0.744. The maximum atomic E-state index is 12.7. The Morgan fingerprint density at radius 2 is 1.85 bits per heavy atom. The quantitative estimate of drug-likeness (QED) is 0.656. The second-order valence-corrected chi connectivity index (χ2v) is 6.54. The van der Waals surface area contributed by atoms with Gasteiger partial charge in [0.05, 0.1) is 6.54 Å². The molecule has 0 spiro atoms. The van der Waals surface area contributed by atoms with E-state index in [0.29, 0.717) is 13.0 Å². The van der Waals surface area contributed by atoms with Crippen LogP contribution in [0.5, 0.6) is 0 Å². The molecule has 6 heteroatoms. The lowest BCUT2D eigenvalue weighted by Crippen LogP contribution is -2.23. The summed E-state index contributed by atoms with van der Waals surface area (Å²) in [6, 6.07) is 13.8. The van der Waals surface area contributed by atoms with Crippen LogP contribution in [0.2, 0.25) is 0 Å². The minimum atomic E-state index is -0.769. The molecule has 0 aliphatic carbocycles. The van der Waals surface area contributed by atoms with Gasteiger partial charge in [-0.05, 0) is 48.2 Å². The van der Waals surface area contributed by atoms with Crippen LogP contribution >= 0.6 is 24.0 Å². The number of hydrogen-bond acceptors (Lipinski definition) is 3. The number of carboxylic acids is 1. The van der Waals surface area contributed by atoms with E-state index in [9.17, 15) is 9.59 Å². The van der Waals surface area contributed by atoms with Crippen molar-refractivity contribution in [3.05, 3.63) is 59.2 Å². The van der Waals surface area contributed by atoms with Crippen molar-refractivity contribution < 1.29 is 14.7 Å². The Morgan fingerprint density at radius 1 is 1.15 bits per heavy atom. The number of benzene rings is 2. The summed E-state index contributed by atoms with van der Waals surface area (Å²) in [5.41, 5.74) is 4.78. The summed E-state index contributed by atoms with van der Waals surface area (Å²) in [7, 11) is 3.92. The summed E-state index contributed by atoms with van der Waals surface area (Å²) >= 11 is 0. The molecule has 26 heavy (non-hydrogen) atoms. The highest BCUT2D eigenvalue weighted by atomic mass is 127. The fraction of sp³-hybridized carbons (Fsp3) is 0.300. The summed E-state index contributed by atoms with van der Waals surface area (Å²) < 4.78 is 0. The van der Waals surface area contributed by atoms with Gasteiger partial charge in [-0.1, -0.05) is 18.2 Å². The van der Waals surface area contributed by atoms with E-state index in [1.807, 2.05) is 61.5 Å². The second-order valence-electron chi connectivity index (χ2n) is 6.54. The molecule has 0 saturated carbocycles. The molecule has 1 amide bonds. The van der Waals surface area contributed by atoms with Crippen LogP contribution in [0.25, 0.3) is 0 Å². The van der Waals surface area contributed by atoms with Crippen LogP contribution in [0.1, 0.15) is 34.3 Å². The van der Waals surface area contributed by atoms with Crippen LogP contribution in [-0.2, 0) is 17.8 Å². The van der Waals surface area contributed by atoms with E-state index in [2.05, 4.69) is 0 Å². The Morgan fingerprint density at radius 3 is 2.46 bits per heavy atom. The SMILES string of the molecule is CN(C)c1ccc2c(c1)C(=O)N(c1ccc(CCCC(=O)O)cc1)C2.I. The number of aliphatic carboxylic acids is 1. The molecule has 1 aliphatic rings. The smallest absolute Gasteiger partial charge is 0.303 e. The predicted molar refractivity (Wildman–Crippen MR) is 114 cm³/mol. The third-order valence-electron chi connectivity index (χ3n) is 4.52. The number of anilines is 2. The van der Waals surface area contributed by atoms with E-state index >= 15 is 0 Å². The standard InChI is InChI=1S/C20H22N2O3.HI/c1-21(2)17-11-8-15-13-22(20(25)18(15)12-17)16-9-6-14(7-10-16)4-3-5-19(23)24;/h6-12H,3-5,13H2,1-2H3,(H,23,24);1H. The molecule has 0 unspecified atom stereocenters. The normalized spacial score (nSPS) is 12.5. The second kappa shape index (κ2) is 8.53. The largest absolute Gasteiger partial charge is 0.481 e. The number of amides is 1. The van der Waals surface area contributed by atoms with Crippen LogP contribution in [-0.4, -0.2) is 31.1 Å². The van der Waals surface area contributed by atoms with E-state index in [0.717, 1.165) is 34.5 Å². The number of aryl methyl sites for hydroxylation is 1. The minimum Gasteiger partial charge on any atom is -0.481 e.